The third kappa shape index (κ3) is 6.22. The van der Waals surface area contributed by atoms with Crippen molar-refractivity contribution in [1.29, 1.82) is 0 Å². The molecule has 0 saturated carbocycles. The van der Waals surface area contributed by atoms with Gasteiger partial charge < -0.3 is 0 Å². The molecule has 0 atom stereocenters. The van der Waals surface area contributed by atoms with E-state index in [9.17, 15) is 0 Å². The molecule has 0 bridgehead atoms. The quantitative estimate of drug-likeness (QED) is 0.146. The Kier molecular flexibility index (Phi) is 9.35. The topological polar surface area (TPSA) is 0 Å². The lowest BCUT2D eigenvalue weighted by atomic mass is 9.71. The Balaban J connectivity index is 1.64. The SMILES string of the molecule is c1ccc(-c2c(-c3ccccc3)c(-c3ccccc3)c3c(-c4ccccc4)c(-c4ccccc4)c(-c4ccccc4)c(-c4ccccc4)c3c2-c2ccccc2)cc1. The maximum atomic E-state index is 2.29. The smallest absolute Gasteiger partial charge is 0.0000936 e. The molecule has 0 heteroatoms. The van der Waals surface area contributed by atoms with Crippen molar-refractivity contribution < 1.29 is 0 Å². The van der Waals surface area contributed by atoms with E-state index in [4.69, 9.17) is 0 Å². The van der Waals surface area contributed by atoms with E-state index in [0.717, 1.165) is 0 Å². The Morgan fingerprint density at radius 1 is 0.121 bits per heavy atom. The minimum atomic E-state index is 1.17. The summed E-state index contributed by atoms with van der Waals surface area (Å²) in [5.41, 5.74) is 19.1. The van der Waals surface area contributed by atoms with Crippen LogP contribution in [0.1, 0.15) is 0 Å². The molecule has 58 heavy (non-hydrogen) atoms. The molecule has 0 N–H and O–H groups in total. The van der Waals surface area contributed by atoms with Crippen LogP contribution in [0, 0.1) is 0 Å². The highest BCUT2D eigenvalue weighted by atomic mass is 14.3. The molecule has 0 aliphatic heterocycles. The Morgan fingerprint density at radius 3 is 0.379 bits per heavy atom. The Labute approximate surface area is 341 Å². The molecule has 0 heterocycles. The van der Waals surface area contributed by atoms with Gasteiger partial charge in [-0.25, -0.2) is 0 Å². The second-order valence-electron chi connectivity index (χ2n) is 14.7. The van der Waals surface area contributed by atoms with Crippen LogP contribution in [0.15, 0.2) is 243 Å². The summed E-state index contributed by atoms with van der Waals surface area (Å²) in [5.74, 6) is 0. The summed E-state index contributed by atoms with van der Waals surface area (Å²) in [4.78, 5) is 0. The van der Waals surface area contributed by atoms with Gasteiger partial charge in [-0.05, 0) is 99.8 Å². The van der Waals surface area contributed by atoms with E-state index in [2.05, 4.69) is 243 Å². The summed E-state index contributed by atoms with van der Waals surface area (Å²) >= 11 is 0. The molecule has 10 rings (SSSR count). The highest BCUT2D eigenvalue weighted by Crippen LogP contribution is 2.59. The third-order valence-electron chi connectivity index (χ3n) is 11.2. The predicted octanol–water partition coefficient (Wildman–Crippen LogP) is 16.2. The van der Waals surface area contributed by atoms with Crippen LogP contribution in [0.4, 0.5) is 0 Å². The lowest BCUT2D eigenvalue weighted by Crippen LogP contribution is -2.03. The average molecular weight is 737 g/mol. The summed E-state index contributed by atoms with van der Waals surface area (Å²) < 4.78 is 0. The number of benzene rings is 10. The first-order chi connectivity index (χ1) is 28.9. The fraction of sp³-hybridized carbons (Fsp3) is 0. The normalized spacial score (nSPS) is 11.1. The van der Waals surface area contributed by atoms with Gasteiger partial charge in [0, 0.05) is 0 Å². The van der Waals surface area contributed by atoms with Gasteiger partial charge in [0.1, 0.15) is 0 Å². The van der Waals surface area contributed by atoms with E-state index < -0.39 is 0 Å². The molecule has 0 nitrogen and oxygen atoms in total. The van der Waals surface area contributed by atoms with Crippen LogP contribution in [0.3, 0.4) is 0 Å². The van der Waals surface area contributed by atoms with E-state index in [1.807, 2.05) is 0 Å². The van der Waals surface area contributed by atoms with E-state index >= 15 is 0 Å². The molecule has 0 spiro atoms. The van der Waals surface area contributed by atoms with Gasteiger partial charge >= 0.3 is 0 Å². The summed E-state index contributed by atoms with van der Waals surface area (Å²) in [6, 6.07) is 88.4. The molecule has 0 amide bonds. The van der Waals surface area contributed by atoms with Gasteiger partial charge in [0.25, 0.3) is 0 Å². The molecular weight excluding hydrogens is 697 g/mol. The molecule has 0 fully saturated rings. The van der Waals surface area contributed by atoms with Crippen molar-refractivity contribution in [1.82, 2.24) is 0 Å². The predicted molar refractivity (Wildman–Crippen MR) is 247 cm³/mol. The molecule has 0 aromatic heterocycles. The largest absolute Gasteiger partial charge is 0.0622 e. The first-order valence-corrected chi connectivity index (χ1v) is 20.0. The van der Waals surface area contributed by atoms with Crippen molar-refractivity contribution in [2.75, 3.05) is 0 Å². The van der Waals surface area contributed by atoms with Crippen molar-refractivity contribution in [3.8, 4) is 89.0 Å². The molecule has 0 unspecified atom stereocenters. The van der Waals surface area contributed by atoms with Crippen molar-refractivity contribution in [3.05, 3.63) is 243 Å². The van der Waals surface area contributed by atoms with Crippen LogP contribution in [0.2, 0.25) is 0 Å². The number of hydrogen-bond donors (Lipinski definition) is 0. The molecule has 0 aliphatic rings. The summed E-state index contributed by atoms with van der Waals surface area (Å²) in [5, 5.41) is 2.46. The number of rotatable bonds is 8. The monoisotopic (exact) mass is 736 g/mol. The first kappa shape index (κ1) is 34.9. The van der Waals surface area contributed by atoms with Crippen LogP contribution in [-0.4, -0.2) is 0 Å². The Bertz CT molecular complexity index is 2550. The Hall–Kier alpha value is -7.54. The number of hydrogen-bond acceptors (Lipinski definition) is 0. The zero-order chi connectivity index (χ0) is 38.7. The van der Waals surface area contributed by atoms with E-state index in [1.165, 1.54) is 99.8 Å². The molecule has 0 saturated heterocycles. The molecule has 0 radical (unpaired) electrons. The van der Waals surface area contributed by atoms with Gasteiger partial charge in [0.2, 0.25) is 0 Å². The number of fused-ring (bicyclic) bond motifs is 1. The summed E-state index contributed by atoms with van der Waals surface area (Å²) in [7, 11) is 0. The first-order valence-electron chi connectivity index (χ1n) is 20.0. The van der Waals surface area contributed by atoms with Crippen LogP contribution < -0.4 is 0 Å². The summed E-state index contributed by atoms with van der Waals surface area (Å²) in [6.45, 7) is 0. The van der Waals surface area contributed by atoms with Gasteiger partial charge in [-0.1, -0.05) is 243 Å². The van der Waals surface area contributed by atoms with E-state index in [-0.39, 0.29) is 0 Å². The Morgan fingerprint density at radius 2 is 0.241 bits per heavy atom. The molecule has 0 aliphatic carbocycles. The van der Waals surface area contributed by atoms with Gasteiger partial charge in [-0.15, -0.1) is 0 Å². The second kappa shape index (κ2) is 15.5. The van der Waals surface area contributed by atoms with Gasteiger partial charge in [0.15, 0.2) is 0 Å². The highest BCUT2D eigenvalue weighted by Gasteiger charge is 2.32. The van der Waals surface area contributed by atoms with Crippen LogP contribution >= 0.6 is 0 Å². The second-order valence-corrected chi connectivity index (χ2v) is 14.7. The maximum absolute atomic E-state index is 2.29. The minimum absolute atomic E-state index is 1.17. The van der Waals surface area contributed by atoms with Gasteiger partial charge in [0.05, 0.1) is 0 Å². The fourth-order valence-corrected chi connectivity index (χ4v) is 8.90. The zero-order valence-electron chi connectivity index (χ0n) is 32.1. The summed E-state index contributed by atoms with van der Waals surface area (Å²) in [6.07, 6.45) is 0. The maximum Gasteiger partial charge on any atom is -0.0000936 e. The standard InChI is InChI=1S/C58H40/c1-9-25-41(26-10-1)49-50(42-27-11-2-12-28-42)54(46-35-19-6-20-36-46)58-56(48-39-23-8-24-40-48)52(44-31-15-4-16-32-44)51(43-29-13-3-14-30-43)55(47-37-21-7-22-38-47)57(58)53(49)45-33-17-5-18-34-45/h1-40H. The van der Waals surface area contributed by atoms with E-state index in [1.54, 1.807) is 0 Å². The van der Waals surface area contributed by atoms with Crippen LogP contribution in [0.5, 0.6) is 0 Å². The fourth-order valence-electron chi connectivity index (χ4n) is 8.90. The lowest BCUT2D eigenvalue weighted by Gasteiger charge is -2.31. The highest BCUT2D eigenvalue weighted by molar-refractivity contribution is 6.30. The molecular formula is C58H40. The van der Waals surface area contributed by atoms with Crippen LogP contribution in [0.25, 0.3) is 99.8 Å². The van der Waals surface area contributed by atoms with E-state index in [0.29, 0.717) is 0 Å². The van der Waals surface area contributed by atoms with Crippen LogP contribution in [-0.2, 0) is 0 Å². The lowest BCUT2D eigenvalue weighted by molar-refractivity contribution is 1.54. The molecule has 10 aromatic rings. The van der Waals surface area contributed by atoms with Crippen molar-refractivity contribution >= 4 is 10.8 Å². The van der Waals surface area contributed by atoms with Crippen molar-refractivity contribution in [2.45, 2.75) is 0 Å². The average Bonchev–Trinajstić information content (AvgIpc) is 3.32. The molecule has 272 valence electrons. The third-order valence-corrected chi connectivity index (χ3v) is 11.2. The molecule has 10 aromatic carbocycles. The van der Waals surface area contributed by atoms with Gasteiger partial charge in [-0.2, -0.15) is 0 Å². The van der Waals surface area contributed by atoms with Gasteiger partial charge in [-0.3, -0.25) is 0 Å². The zero-order valence-corrected chi connectivity index (χ0v) is 32.1. The van der Waals surface area contributed by atoms with Crippen molar-refractivity contribution in [3.63, 3.8) is 0 Å². The minimum Gasteiger partial charge on any atom is -0.0622 e. The van der Waals surface area contributed by atoms with Crippen molar-refractivity contribution in [2.24, 2.45) is 0 Å².